The van der Waals surface area contributed by atoms with E-state index in [1.807, 2.05) is 37.3 Å². The minimum absolute atomic E-state index is 0.139. The molecular weight excluding hydrogens is 216 g/mol. The van der Waals surface area contributed by atoms with E-state index >= 15 is 0 Å². The van der Waals surface area contributed by atoms with Gasteiger partial charge in [-0.15, -0.1) is 0 Å². The lowest BCUT2D eigenvalue weighted by atomic mass is 10.1. The normalized spacial score (nSPS) is 18.7. The minimum Gasteiger partial charge on any atom is -0.480 e. The second-order valence-corrected chi connectivity index (χ2v) is 4.19. The summed E-state index contributed by atoms with van der Waals surface area (Å²) >= 11 is 0. The van der Waals surface area contributed by atoms with Crippen LogP contribution < -0.4 is 10.1 Å². The summed E-state index contributed by atoms with van der Waals surface area (Å²) in [6.45, 7) is 1.81. The molecule has 0 saturated carbocycles. The van der Waals surface area contributed by atoms with Gasteiger partial charge in [-0.1, -0.05) is 18.2 Å². The summed E-state index contributed by atoms with van der Waals surface area (Å²) in [5.41, 5.74) is 1.06. The van der Waals surface area contributed by atoms with Crippen LogP contribution in [0.4, 0.5) is 0 Å². The minimum atomic E-state index is -0.464. The fraction of sp³-hybridized carbons (Fsp3) is 0.385. The lowest BCUT2D eigenvalue weighted by molar-refractivity contribution is -0.127. The molecule has 1 amide bonds. The molecule has 2 unspecified atom stereocenters. The maximum Gasteiger partial charge on any atom is 0.261 e. The summed E-state index contributed by atoms with van der Waals surface area (Å²) in [5, 5.41) is 11.3. The predicted octanol–water partition coefficient (Wildman–Crippen LogP) is 1.41. The second-order valence-electron chi connectivity index (χ2n) is 4.19. The Kier molecular flexibility index (Phi) is 3.29. The van der Waals surface area contributed by atoms with Crippen LogP contribution in [-0.4, -0.2) is 18.1 Å². The molecule has 1 aliphatic rings. The first-order valence-corrected chi connectivity index (χ1v) is 5.62. The highest BCUT2D eigenvalue weighted by molar-refractivity contribution is 5.82. The van der Waals surface area contributed by atoms with Gasteiger partial charge in [0.2, 0.25) is 0 Å². The molecule has 1 aromatic carbocycles. The number of hydrogen-bond acceptors (Lipinski definition) is 3. The molecule has 2 atom stereocenters. The Morgan fingerprint density at radius 1 is 1.65 bits per heavy atom. The quantitative estimate of drug-likeness (QED) is 0.854. The molecule has 2 rings (SSSR count). The molecule has 1 N–H and O–H groups in total. The van der Waals surface area contributed by atoms with Crippen LogP contribution in [0.25, 0.3) is 0 Å². The zero-order valence-electron chi connectivity index (χ0n) is 9.64. The number of fused-ring (bicyclic) bond motifs is 1. The number of amides is 1. The van der Waals surface area contributed by atoms with Crippen LogP contribution in [-0.2, 0) is 11.2 Å². The molecule has 0 aromatic heterocycles. The Morgan fingerprint density at radius 3 is 3.12 bits per heavy atom. The summed E-state index contributed by atoms with van der Waals surface area (Å²) in [7, 11) is 0. The van der Waals surface area contributed by atoms with Crippen molar-refractivity contribution in [2.24, 2.45) is 0 Å². The lowest BCUT2D eigenvalue weighted by Crippen LogP contribution is -2.41. The molecule has 0 aliphatic carbocycles. The lowest BCUT2D eigenvalue weighted by Gasteiger charge is -2.14. The Bertz CT molecular complexity index is 440. The molecule has 0 spiro atoms. The van der Waals surface area contributed by atoms with Crippen LogP contribution in [0.3, 0.4) is 0 Å². The van der Waals surface area contributed by atoms with E-state index in [0.29, 0.717) is 12.8 Å². The molecule has 4 heteroatoms. The van der Waals surface area contributed by atoms with Gasteiger partial charge in [0.15, 0.2) is 6.10 Å². The van der Waals surface area contributed by atoms with Crippen molar-refractivity contribution in [1.29, 1.82) is 5.26 Å². The zero-order valence-corrected chi connectivity index (χ0v) is 9.64. The van der Waals surface area contributed by atoms with E-state index in [9.17, 15) is 4.79 Å². The van der Waals surface area contributed by atoms with Gasteiger partial charge in [0.05, 0.1) is 12.5 Å². The van der Waals surface area contributed by atoms with E-state index in [-0.39, 0.29) is 11.9 Å². The molecule has 0 bridgehead atoms. The van der Waals surface area contributed by atoms with Crippen molar-refractivity contribution >= 4 is 5.91 Å². The molecule has 1 aliphatic heterocycles. The molecule has 1 heterocycles. The third-order valence-electron chi connectivity index (χ3n) is 2.73. The van der Waals surface area contributed by atoms with E-state index in [1.165, 1.54) is 0 Å². The van der Waals surface area contributed by atoms with E-state index in [1.54, 1.807) is 0 Å². The number of carbonyl (C=O) groups is 1. The van der Waals surface area contributed by atoms with Crippen molar-refractivity contribution in [2.75, 3.05) is 0 Å². The molecule has 17 heavy (non-hydrogen) atoms. The van der Waals surface area contributed by atoms with Gasteiger partial charge in [-0.3, -0.25) is 4.79 Å². The number of nitrogens with one attached hydrogen (secondary N) is 1. The number of benzene rings is 1. The summed E-state index contributed by atoms with van der Waals surface area (Å²) < 4.78 is 5.55. The number of para-hydroxylation sites is 1. The van der Waals surface area contributed by atoms with Gasteiger partial charge in [0.1, 0.15) is 5.75 Å². The molecule has 4 nitrogen and oxygen atoms in total. The topological polar surface area (TPSA) is 62.1 Å². The standard InChI is InChI=1S/C13H14N2O2/c1-9(6-7-14)15-13(16)12-8-10-4-2-3-5-11(10)17-12/h2-5,9,12H,6,8H2,1H3,(H,15,16). The van der Waals surface area contributed by atoms with Crippen molar-refractivity contribution in [2.45, 2.75) is 31.9 Å². The Balaban J connectivity index is 1.95. The van der Waals surface area contributed by atoms with Gasteiger partial charge in [-0.2, -0.15) is 5.26 Å². The maximum atomic E-state index is 11.9. The van der Waals surface area contributed by atoms with Gasteiger partial charge in [-0.05, 0) is 18.6 Å². The van der Waals surface area contributed by atoms with E-state index < -0.39 is 6.10 Å². The summed E-state index contributed by atoms with van der Waals surface area (Å²) in [6.07, 6.45) is 0.445. The predicted molar refractivity (Wildman–Crippen MR) is 62.4 cm³/mol. The monoisotopic (exact) mass is 230 g/mol. The summed E-state index contributed by atoms with van der Waals surface area (Å²) in [5.74, 6) is 0.629. The van der Waals surface area contributed by atoms with Gasteiger partial charge in [0, 0.05) is 12.5 Å². The van der Waals surface area contributed by atoms with Gasteiger partial charge in [0.25, 0.3) is 5.91 Å². The average molecular weight is 230 g/mol. The van der Waals surface area contributed by atoms with E-state index in [2.05, 4.69) is 5.32 Å². The first-order valence-electron chi connectivity index (χ1n) is 5.62. The van der Waals surface area contributed by atoms with Crippen LogP contribution in [0.1, 0.15) is 18.9 Å². The summed E-state index contributed by atoms with van der Waals surface area (Å²) in [4.78, 5) is 11.9. The van der Waals surface area contributed by atoms with Crippen LogP contribution in [0.15, 0.2) is 24.3 Å². The number of carbonyl (C=O) groups excluding carboxylic acids is 1. The average Bonchev–Trinajstić information content (AvgIpc) is 2.72. The fourth-order valence-corrected chi connectivity index (χ4v) is 1.85. The number of rotatable bonds is 3. The Morgan fingerprint density at radius 2 is 2.41 bits per heavy atom. The second kappa shape index (κ2) is 4.88. The largest absolute Gasteiger partial charge is 0.480 e. The van der Waals surface area contributed by atoms with E-state index in [4.69, 9.17) is 10.00 Å². The van der Waals surface area contributed by atoms with Crippen molar-refractivity contribution in [3.8, 4) is 11.8 Å². The van der Waals surface area contributed by atoms with Gasteiger partial charge < -0.3 is 10.1 Å². The van der Waals surface area contributed by atoms with Crippen LogP contribution >= 0.6 is 0 Å². The zero-order chi connectivity index (χ0) is 12.3. The summed E-state index contributed by atoms with van der Waals surface area (Å²) in [6, 6.07) is 9.53. The fourth-order valence-electron chi connectivity index (χ4n) is 1.85. The maximum absolute atomic E-state index is 11.9. The first-order chi connectivity index (χ1) is 8.20. The number of hydrogen-bond donors (Lipinski definition) is 1. The highest BCUT2D eigenvalue weighted by Gasteiger charge is 2.29. The Labute approximate surface area is 100 Å². The van der Waals surface area contributed by atoms with Gasteiger partial charge >= 0.3 is 0 Å². The van der Waals surface area contributed by atoms with Crippen molar-refractivity contribution < 1.29 is 9.53 Å². The SMILES string of the molecule is CC(CC#N)NC(=O)C1Cc2ccccc2O1. The van der Waals surface area contributed by atoms with Crippen molar-refractivity contribution in [3.63, 3.8) is 0 Å². The smallest absolute Gasteiger partial charge is 0.261 e. The van der Waals surface area contributed by atoms with E-state index in [0.717, 1.165) is 11.3 Å². The molecule has 1 aromatic rings. The van der Waals surface area contributed by atoms with Crippen molar-refractivity contribution in [3.05, 3.63) is 29.8 Å². The molecular formula is C13H14N2O2. The van der Waals surface area contributed by atoms with Crippen LogP contribution in [0.5, 0.6) is 5.75 Å². The third-order valence-corrected chi connectivity index (χ3v) is 2.73. The molecule has 0 radical (unpaired) electrons. The Hall–Kier alpha value is -2.02. The molecule has 88 valence electrons. The third kappa shape index (κ3) is 2.56. The number of ether oxygens (including phenoxy) is 1. The van der Waals surface area contributed by atoms with Crippen molar-refractivity contribution in [1.82, 2.24) is 5.32 Å². The van der Waals surface area contributed by atoms with Crippen LogP contribution in [0.2, 0.25) is 0 Å². The van der Waals surface area contributed by atoms with Crippen LogP contribution in [0, 0.1) is 11.3 Å². The van der Waals surface area contributed by atoms with Gasteiger partial charge in [-0.25, -0.2) is 0 Å². The molecule has 0 fully saturated rings. The number of nitrogens with zero attached hydrogens (tertiary/aromatic N) is 1. The molecule has 0 saturated heterocycles. The highest BCUT2D eigenvalue weighted by Crippen LogP contribution is 2.28. The highest BCUT2D eigenvalue weighted by atomic mass is 16.5. The first kappa shape index (κ1) is 11.5. The number of nitriles is 1.